The number of pyridine rings is 1. The first-order chi connectivity index (χ1) is 15.1. The van der Waals surface area contributed by atoms with Crippen molar-refractivity contribution in [1.82, 2.24) is 4.98 Å². The van der Waals surface area contributed by atoms with E-state index >= 15 is 0 Å². The Morgan fingerprint density at radius 3 is 2.71 bits per heavy atom. The zero-order valence-corrected chi connectivity index (χ0v) is 18.4. The number of unbranched alkanes of at least 4 members (excludes halogenated alkanes) is 2. The number of benzene rings is 2. The van der Waals surface area contributed by atoms with Crippen molar-refractivity contribution in [1.29, 1.82) is 0 Å². The second-order valence-corrected chi connectivity index (χ2v) is 7.78. The van der Waals surface area contributed by atoms with Crippen molar-refractivity contribution >= 4 is 22.6 Å². The molecule has 3 aromatic rings. The van der Waals surface area contributed by atoms with Gasteiger partial charge in [0.05, 0.1) is 18.3 Å². The summed E-state index contributed by atoms with van der Waals surface area (Å²) in [7, 11) is 1.60. The van der Waals surface area contributed by atoms with E-state index in [1.54, 1.807) is 18.2 Å². The van der Waals surface area contributed by atoms with Crippen molar-refractivity contribution in [3.8, 4) is 5.75 Å². The lowest BCUT2D eigenvalue weighted by molar-refractivity contribution is 0.253. The maximum absolute atomic E-state index is 12.7. The smallest absolute Gasteiger partial charge is 0.319 e. The second kappa shape index (κ2) is 10.8. The van der Waals surface area contributed by atoms with E-state index in [1.165, 1.54) is 5.56 Å². The number of nitrogens with two attached hydrogens (primary N) is 2. The Balaban J connectivity index is 2.05. The van der Waals surface area contributed by atoms with Crippen LogP contribution in [0.5, 0.6) is 5.75 Å². The summed E-state index contributed by atoms with van der Waals surface area (Å²) >= 11 is 0. The number of urea groups is 1. The highest BCUT2D eigenvalue weighted by Crippen LogP contribution is 2.37. The molecule has 0 aliphatic heterocycles. The molecule has 1 aromatic heterocycles. The van der Waals surface area contributed by atoms with Crippen molar-refractivity contribution in [2.24, 2.45) is 11.5 Å². The molecular formula is C25H32N4O2. The lowest BCUT2D eigenvalue weighted by Gasteiger charge is -2.29. The first kappa shape index (κ1) is 22.6. The molecule has 0 bridgehead atoms. The van der Waals surface area contributed by atoms with Crippen LogP contribution in [-0.4, -0.2) is 24.7 Å². The molecule has 0 aliphatic rings. The minimum atomic E-state index is -0.509. The van der Waals surface area contributed by atoms with Crippen LogP contribution in [0.1, 0.15) is 49.7 Å². The molecule has 2 aromatic carbocycles. The van der Waals surface area contributed by atoms with Crippen LogP contribution in [0.3, 0.4) is 0 Å². The predicted molar refractivity (Wildman–Crippen MR) is 126 cm³/mol. The summed E-state index contributed by atoms with van der Waals surface area (Å²) in [4.78, 5) is 18.7. The number of hydrogen-bond acceptors (Lipinski definition) is 4. The molecule has 6 heteroatoms. The molecule has 1 heterocycles. The molecular weight excluding hydrogens is 388 g/mol. The summed E-state index contributed by atoms with van der Waals surface area (Å²) in [6.45, 7) is 3.13. The number of amides is 2. The third-order valence-electron chi connectivity index (χ3n) is 5.69. The van der Waals surface area contributed by atoms with E-state index in [-0.39, 0.29) is 5.92 Å². The lowest BCUT2D eigenvalue weighted by atomic mass is 9.91. The normalized spacial score (nSPS) is 12.0. The lowest BCUT2D eigenvalue weighted by Crippen LogP contribution is -2.39. The van der Waals surface area contributed by atoms with Crippen molar-refractivity contribution < 1.29 is 9.53 Å². The zero-order chi connectivity index (χ0) is 22.2. The number of carbonyl (C=O) groups excluding carboxylic acids is 1. The van der Waals surface area contributed by atoms with E-state index in [0.717, 1.165) is 42.1 Å². The number of ether oxygens (including phenoxy) is 1. The maximum atomic E-state index is 12.7. The summed E-state index contributed by atoms with van der Waals surface area (Å²) in [5.41, 5.74) is 15.5. The number of carbonyl (C=O) groups is 1. The number of aromatic nitrogens is 1. The molecule has 1 atom stereocenters. The van der Waals surface area contributed by atoms with E-state index in [4.69, 9.17) is 16.2 Å². The fourth-order valence-electron chi connectivity index (χ4n) is 4.05. The Morgan fingerprint density at radius 1 is 1.16 bits per heavy atom. The largest absolute Gasteiger partial charge is 0.495 e. The first-order valence-corrected chi connectivity index (χ1v) is 10.9. The predicted octanol–water partition coefficient (Wildman–Crippen LogP) is 4.95. The Kier molecular flexibility index (Phi) is 7.84. The van der Waals surface area contributed by atoms with Crippen LogP contribution < -0.4 is 21.1 Å². The number of anilines is 1. The molecule has 0 spiro atoms. The molecule has 1 unspecified atom stereocenters. The zero-order valence-electron chi connectivity index (χ0n) is 18.4. The van der Waals surface area contributed by atoms with Crippen molar-refractivity contribution in [3.05, 3.63) is 65.9 Å². The van der Waals surface area contributed by atoms with Crippen molar-refractivity contribution in [3.63, 3.8) is 0 Å². The number of primary amides is 1. The van der Waals surface area contributed by atoms with Gasteiger partial charge in [0.2, 0.25) is 0 Å². The molecule has 3 rings (SSSR count). The number of rotatable bonds is 10. The number of hydrogen-bond donors (Lipinski definition) is 2. The molecule has 6 nitrogen and oxygen atoms in total. The van der Waals surface area contributed by atoms with E-state index in [0.29, 0.717) is 24.5 Å². The highest BCUT2D eigenvalue weighted by molar-refractivity contribution is 6.04. The minimum absolute atomic E-state index is 0.127. The fraction of sp³-hybridized carbons (Fsp3) is 0.360. The highest BCUT2D eigenvalue weighted by atomic mass is 16.5. The van der Waals surface area contributed by atoms with Crippen LogP contribution in [0.4, 0.5) is 10.5 Å². The van der Waals surface area contributed by atoms with Gasteiger partial charge in [-0.05, 0) is 41.8 Å². The summed E-state index contributed by atoms with van der Waals surface area (Å²) in [6, 6.07) is 15.3. The fourth-order valence-corrected chi connectivity index (χ4v) is 4.05. The number of nitrogens with zero attached hydrogens (tertiary/aromatic N) is 2. The van der Waals surface area contributed by atoms with Gasteiger partial charge in [0, 0.05) is 30.6 Å². The van der Waals surface area contributed by atoms with Gasteiger partial charge in [0.15, 0.2) is 0 Å². The molecule has 0 radical (unpaired) electrons. The van der Waals surface area contributed by atoms with Crippen LogP contribution in [0, 0.1) is 0 Å². The number of fused-ring (bicyclic) bond motifs is 1. The van der Waals surface area contributed by atoms with Gasteiger partial charge in [0.1, 0.15) is 5.75 Å². The van der Waals surface area contributed by atoms with Gasteiger partial charge in [-0.25, -0.2) is 4.79 Å². The van der Waals surface area contributed by atoms with E-state index in [2.05, 4.69) is 24.0 Å². The summed E-state index contributed by atoms with van der Waals surface area (Å²) in [5.74, 6) is 0.726. The average molecular weight is 421 g/mol. The van der Waals surface area contributed by atoms with E-state index in [1.807, 2.05) is 36.4 Å². The van der Waals surface area contributed by atoms with Gasteiger partial charge in [-0.1, -0.05) is 50.5 Å². The van der Waals surface area contributed by atoms with Gasteiger partial charge in [-0.2, -0.15) is 0 Å². The Morgan fingerprint density at radius 2 is 2.00 bits per heavy atom. The average Bonchev–Trinajstić information content (AvgIpc) is 2.80. The van der Waals surface area contributed by atoms with Gasteiger partial charge in [-0.3, -0.25) is 9.88 Å². The van der Waals surface area contributed by atoms with Crippen molar-refractivity contribution in [2.45, 2.75) is 45.1 Å². The molecule has 31 heavy (non-hydrogen) atoms. The Bertz CT molecular complexity index is 1020. The van der Waals surface area contributed by atoms with Crippen molar-refractivity contribution in [2.75, 3.05) is 18.6 Å². The third kappa shape index (κ3) is 5.33. The SMILES string of the molecule is CCCCCC(CN(C(N)=O)c1c(OC)ccc2ncccc12)c1cccc(CN)c1. The summed E-state index contributed by atoms with van der Waals surface area (Å²) < 4.78 is 5.61. The molecule has 4 N–H and O–H groups in total. The van der Waals surface area contributed by atoms with Crippen LogP contribution in [-0.2, 0) is 6.54 Å². The Labute approximate surface area is 184 Å². The standard InChI is InChI=1S/C25H32N4O2/c1-3-4-5-9-20(19-10-6-8-18(15-19)16-26)17-29(25(27)30)24-21-11-7-14-28-22(21)12-13-23(24)31-2/h6-8,10-15,20H,3-5,9,16-17,26H2,1-2H3,(H2,27,30). The molecule has 2 amide bonds. The summed E-state index contributed by atoms with van der Waals surface area (Å²) in [5, 5.41) is 0.837. The minimum Gasteiger partial charge on any atom is -0.495 e. The van der Waals surface area contributed by atoms with Crippen LogP contribution in [0.25, 0.3) is 10.9 Å². The van der Waals surface area contributed by atoms with Gasteiger partial charge >= 0.3 is 6.03 Å². The summed E-state index contributed by atoms with van der Waals surface area (Å²) in [6.07, 6.45) is 6.05. The van der Waals surface area contributed by atoms with Gasteiger partial charge in [0.25, 0.3) is 0 Å². The van der Waals surface area contributed by atoms with E-state index < -0.39 is 6.03 Å². The van der Waals surface area contributed by atoms with Crippen LogP contribution >= 0.6 is 0 Å². The maximum Gasteiger partial charge on any atom is 0.319 e. The Hall–Kier alpha value is -3.12. The molecule has 0 saturated heterocycles. The molecule has 0 saturated carbocycles. The van der Waals surface area contributed by atoms with Crippen LogP contribution in [0.15, 0.2) is 54.7 Å². The van der Waals surface area contributed by atoms with E-state index in [9.17, 15) is 4.79 Å². The quantitative estimate of drug-likeness (QED) is 0.454. The van der Waals surface area contributed by atoms with Gasteiger partial charge in [-0.15, -0.1) is 0 Å². The monoisotopic (exact) mass is 420 g/mol. The second-order valence-electron chi connectivity index (χ2n) is 7.78. The molecule has 164 valence electrons. The topological polar surface area (TPSA) is 94.5 Å². The molecule has 0 fully saturated rings. The molecule has 0 aliphatic carbocycles. The first-order valence-electron chi connectivity index (χ1n) is 10.9. The third-order valence-corrected chi connectivity index (χ3v) is 5.69. The number of methoxy groups -OCH3 is 1. The highest BCUT2D eigenvalue weighted by Gasteiger charge is 2.25. The van der Waals surface area contributed by atoms with Gasteiger partial charge < -0.3 is 16.2 Å². The van der Waals surface area contributed by atoms with Crippen LogP contribution in [0.2, 0.25) is 0 Å².